The summed E-state index contributed by atoms with van der Waals surface area (Å²) in [5, 5.41) is 9.30. The molecule has 0 aliphatic carbocycles. The molecule has 10 heteroatoms. The highest BCUT2D eigenvalue weighted by molar-refractivity contribution is 6.33. The largest absolute Gasteiger partial charge is 0.479 e. The number of alkyl halides is 1. The summed E-state index contributed by atoms with van der Waals surface area (Å²) in [6.07, 6.45) is -1.05. The maximum absolute atomic E-state index is 12.6. The van der Waals surface area contributed by atoms with Crippen molar-refractivity contribution in [3.63, 3.8) is 0 Å². The van der Waals surface area contributed by atoms with Crippen LogP contribution in [0.4, 0.5) is 10.5 Å². The number of benzene rings is 2. The van der Waals surface area contributed by atoms with E-state index in [1.165, 1.54) is 12.1 Å². The van der Waals surface area contributed by atoms with Crippen LogP contribution < -0.4 is 14.4 Å². The Morgan fingerprint density at radius 3 is 2.13 bits per heavy atom. The molecule has 1 unspecified atom stereocenters. The van der Waals surface area contributed by atoms with Gasteiger partial charge >= 0.3 is 24.0 Å². The molecule has 2 rings (SSSR count). The summed E-state index contributed by atoms with van der Waals surface area (Å²) in [5.74, 6) is -3.20. The third-order valence-corrected chi connectivity index (χ3v) is 3.93. The monoisotopic (exact) mass is 435 g/mol. The number of carboxylic acid groups (broad SMARTS) is 1. The molecule has 0 saturated carbocycles. The zero-order valence-corrected chi connectivity index (χ0v) is 16.8. The summed E-state index contributed by atoms with van der Waals surface area (Å²) >= 11 is 5.91. The predicted octanol–water partition coefficient (Wildman–Crippen LogP) is 3.33. The number of carboxylic acids is 1. The fourth-order valence-electron chi connectivity index (χ4n) is 2.35. The summed E-state index contributed by atoms with van der Waals surface area (Å²) in [7, 11) is 0. The van der Waals surface area contributed by atoms with E-state index in [9.17, 15) is 24.3 Å². The molecule has 0 saturated heterocycles. The lowest BCUT2D eigenvalue weighted by molar-refractivity contribution is -0.136. The molecule has 1 atom stereocenters. The lowest BCUT2D eigenvalue weighted by Crippen LogP contribution is -2.42. The quantitative estimate of drug-likeness (QED) is 0.304. The third kappa shape index (κ3) is 6.21. The maximum Gasteiger partial charge on any atom is 0.416 e. The summed E-state index contributed by atoms with van der Waals surface area (Å²) in [5.41, 5.74) is -1.20. The average Bonchev–Trinajstić information content (AvgIpc) is 2.68. The second kappa shape index (κ2) is 10.3. The van der Waals surface area contributed by atoms with Gasteiger partial charge in [-0.05, 0) is 17.7 Å². The van der Waals surface area contributed by atoms with E-state index in [0.717, 1.165) is 19.9 Å². The van der Waals surface area contributed by atoms with E-state index in [2.05, 4.69) is 0 Å². The van der Waals surface area contributed by atoms with Crippen LogP contribution in [-0.2, 0) is 25.7 Å². The first-order valence-corrected chi connectivity index (χ1v) is 9.00. The lowest BCUT2D eigenvalue weighted by Gasteiger charge is -2.25. The van der Waals surface area contributed by atoms with E-state index in [-0.39, 0.29) is 23.8 Å². The van der Waals surface area contributed by atoms with Crippen LogP contribution in [0.2, 0.25) is 0 Å². The van der Waals surface area contributed by atoms with E-state index in [0.29, 0.717) is 10.5 Å². The Balaban J connectivity index is 2.37. The number of anilines is 1. The first-order valence-electron chi connectivity index (χ1n) is 8.56. The van der Waals surface area contributed by atoms with E-state index >= 15 is 0 Å². The number of carbonyl (C=O) groups excluding carboxylic acids is 3. The number of carbonyl (C=O) groups is 4. The molecule has 1 amide bonds. The van der Waals surface area contributed by atoms with Gasteiger partial charge in [0.05, 0.1) is 5.69 Å². The van der Waals surface area contributed by atoms with Crippen LogP contribution in [0.5, 0.6) is 11.5 Å². The number of aliphatic carboxylic acids is 1. The molecule has 2 aromatic rings. The van der Waals surface area contributed by atoms with Gasteiger partial charge in [0.25, 0.3) is 0 Å². The highest BCUT2D eigenvalue weighted by Gasteiger charge is 2.31. The summed E-state index contributed by atoms with van der Waals surface area (Å²) in [4.78, 5) is 47.3. The van der Waals surface area contributed by atoms with E-state index in [1.807, 2.05) is 0 Å². The Morgan fingerprint density at radius 2 is 1.57 bits per heavy atom. The van der Waals surface area contributed by atoms with E-state index < -0.39 is 29.5 Å². The standard InChI is InChI=1S/C20H18ClNO8/c1-12(23)29-16-9-8-15(10-17(16)30-13(2)24)22(18(21)19(25)26)20(27)28-11-14-6-4-3-5-7-14/h3-10,18H,11H2,1-2H3,(H,25,26). The van der Waals surface area contributed by atoms with Crippen molar-refractivity contribution in [2.45, 2.75) is 26.0 Å². The van der Waals surface area contributed by atoms with Gasteiger partial charge in [-0.3, -0.25) is 9.59 Å². The Bertz CT molecular complexity index is 947. The van der Waals surface area contributed by atoms with Gasteiger partial charge in [0, 0.05) is 19.9 Å². The average molecular weight is 436 g/mol. The van der Waals surface area contributed by atoms with Crippen LogP contribution in [-0.4, -0.2) is 34.6 Å². The van der Waals surface area contributed by atoms with Gasteiger partial charge in [0.2, 0.25) is 5.50 Å². The lowest BCUT2D eigenvalue weighted by atomic mass is 10.2. The molecule has 0 aliphatic heterocycles. The first-order chi connectivity index (χ1) is 14.2. The molecule has 0 radical (unpaired) electrons. The topological polar surface area (TPSA) is 119 Å². The van der Waals surface area contributed by atoms with Crippen LogP contribution in [0.15, 0.2) is 48.5 Å². The number of hydrogen-bond acceptors (Lipinski definition) is 7. The molecule has 0 spiro atoms. The molecule has 0 aromatic heterocycles. The molecule has 158 valence electrons. The fraction of sp³-hybridized carbons (Fsp3) is 0.200. The van der Waals surface area contributed by atoms with Crippen molar-refractivity contribution in [1.29, 1.82) is 0 Å². The molecule has 0 aliphatic rings. The summed E-state index contributed by atoms with van der Waals surface area (Å²) in [6, 6.07) is 12.4. The van der Waals surface area contributed by atoms with Gasteiger partial charge < -0.3 is 19.3 Å². The SMILES string of the molecule is CC(=O)Oc1ccc(N(C(=O)OCc2ccccc2)C(Cl)C(=O)O)cc1OC(C)=O. The van der Waals surface area contributed by atoms with Crippen molar-refractivity contribution in [2.75, 3.05) is 4.90 Å². The number of halogens is 1. The Kier molecular flexibility index (Phi) is 7.76. The van der Waals surface area contributed by atoms with Crippen LogP contribution >= 0.6 is 11.6 Å². The smallest absolute Gasteiger partial charge is 0.416 e. The van der Waals surface area contributed by atoms with Gasteiger partial charge in [0.15, 0.2) is 11.5 Å². The number of amides is 1. The second-order valence-corrected chi connectivity index (χ2v) is 6.32. The molecule has 0 fully saturated rings. The van der Waals surface area contributed by atoms with Crippen molar-refractivity contribution in [1.82, 2.24) is 0 Å². The van der Waals surface area contributed by atoms with Crippen molar-refractivity contribution < 1.29 is 38.5 Å². The van der Waals surface area contributed by atoms with E-state index in [1.54, 1.807) is 30.3 Å². The zero-order valence-electron chi connectivity index (χ0n) is 16.0. The highest BCUT2D eigenvalue weighted by Crippen LogP contribution is 2.34. The van der Waals surface area contributed by atoms with Gasteiger partial charge in [0.1, 0.15) is 6.61 Å². The molecule has 0 heterocycles. The molecule has 0 bridgehead atoms. The molecular formula is C20H18ClNO8. The van der Waals surface area contributed by atoms with E-state index in [4.69, 9.17) is 25.8 Å². The minimum atomic E-state index is -1.82. The normalized spacial score (nSPS) is 11.2. The summed E-state index contributed by atoms with van der Waals surface area (Å²) < 4.78 is 15.1. The fourth-order valence-corrected chi connectivity index (χ4v) is 2.54. The van der Waals surface area contributed by atoms with Crippen LogP contribution in [0, 0.1) is 0 Å². The summed E-state index contributed by atoms with van der Waals surface area (Å²) in [6.45, 7) is 2.15. The van der Waals surface area contributed by atoms with Gasteiger partial charge in [-0.15, -0.1) is 0 Å². The minimum Gasteiger partial charge on any atom is -0.479 e. The molecule has 2 aromatic carbocycles. The Hall–Kier alpha value is -3.59. The van der Waals surface area contributed by atoms with Crippen molar-refractivity contribution >= 4 is 41.3 Å². The van der Waals surface area contributed by atoms with Gasteiger partial charge in [-0.1, -0.05) is 41.9 Å². The number of hydrogen-bond donors (Lipinski definition) is 1. The van der Waals surface area contributed by atoms with Crippen LogP contribution in [0.1, 0.15) is 19.4 Å². The molecule has 30 heavy (non-hydrogen) atoms. The Labute approximate surface area is 176 Å². The second-order valence-electron chi connectivity index (χ2n) is 5.90. The highest BCUT2D eigenvalue weighted by atomic mass is 35.5. The number of rotatable bonds is 7. The first kappa shape index (κ1) is 22.7. The number of esters is 2. The van der Waals surface area contributed by atoms with Gasteiger partial charge in [-0.2, -0.15) is 0 Å². The maximum atomic E-state index is 12.6. The van der Waals surface area contributed by atoms with Crippen LogP contribution in [0.3, 0.4) is 0 Å². The molecule has 1 N–H and O–H groups in total. The number of nitrogens with zero attached hydrogens (tertiary/aromatic N) is 1. The van der Waals surface area contributed by atoms with Crippen molar-refractivity contribution in [2.24, 2.45) is 0 Å². The zero-order chi connectivity index (χ0) is 22.3. The van der Waals surface area contributed by atoms with Crippen LogP contribution in [0.25, 0.3) is 0 Å². The minimum absolute atomic E-state index is 0.0531. The van der Waals surface area contributed by atoms with Gasteiger partial charge in [-0.25, -0.2) is 14.5 Å². The number of ether oxygens (including phenoxy) is 3. The Morgan fingerprint density at radius 1 is 0.967 bits per heavy atom. The van der Waals surface area contributed by atoms with Crippen molar-refractivity contribution in [3.05, 3.63) is 54.1 Å². The van der Waals surface area contributed by atoms with Crippen molar-refractivity contribution in [3.8, 4) is 11.5 Å². The molecule has 9 nitrogen and oxygen atoms in total. The predicted molar refractivity (Wildman–Crippen MR) is 105 cm³/mol. The third-order valence-electron chi connectivity index (χ3n) is 3.55. The molecular weight excluding hydrogens is 418 g/mol.